The van der Waals surface area contributed by atoms with Crippen molar-refractivity contribution in [3.05, 3.63) is 35.7 Å². The highest BCUT2D eigenvalue weighted by atomic mass is 16.5. The first-order valence-electron chi connectivity index (χ1n) is 9.51. The number of hydrogen-bond donors (Lipinski definition) is 0. The number of amides is 2. The minimum atomic E-state index is -0.277. The van der Waals surface area contributed by atoms with Crippen LogP contribution in [0.4, 0.5) is 0 Å². The lowest BCUT2D eigenvalue weighted by Crippen LogP contribution is -2.51. The molecule has 2 aromatic heterocycles. The summed E-state index contributed by atoms with van der Waals surface area (Å²) < 4.78 is 12.6. The van der Waals surface area contributed by atoms with Crippen molar-refractivity contribution in [3.8, 4) is 0 Å². The van der Waals surface area contributed by atoms with Crippen LogP contribution in [0, 0.1) is 6.92 Å². The minimum absolute atomic E-state index is 0.0256. The largest absolute Gasteiger partial charge is 0.377 e. The number of carbonyl (C=O) groups excluding carboxylic acids is 2. The molecule has 0 N–H and O–H groups in total. The third kappa shape index (κ3) is 4.78. The molecular formula is C19H27N5O4. The van der Waals surface area contributed by atoms with E-state index in [4.69, 9.17) is 9.26 Å². The fraction of sp³-hybridized carbons (Fsp3) is 0.579. The molecule has 9 nitrogen and oxygen atoms in total. The van der Waals surface area contributed by atoms with Gasteiger partial charge in [-0.05, 0) is 6.92 Å². The lowest BCUT2D eigenvalue weighted by molar-refractivity contribution is -0.144. The van der Waals surface area contributed by atoms with E-state index < -0.39 is 0 Å². The SMILES string of the molecule is CCc1nccn1CC(=O)N1CCOC[C@H]1CC(=O)N(C)Cc1cc(C)no1. The molecule has 28 heavy (non-hydrogen) atoms. The summed E-state index contributed by atoms with van der Waals surface area (Å²) in [5, 5.41) is 3.84. The van der Waals surface area contributed by atoms with Gasteiger partial charge in [0.05, 0.1) is 31.5 Å². The topological polar surface area (TPSA) is 93.7 Å². The van der Waals surface area contributed by atoms with E-state index in [1.165, 1.54) is 0 Å². The van der Waals surface area contributed by atoms with E-state index in [1.807, 2.05) is 24.6 Å². The van der Waals surface area contributed by atoms with Crippen molar-refractivity contribution in [2.45, 2.75) is 45.8 Å². The maximum Gasteiger partial charge on any atom is 0.242 e. The molecule has 0 bridgehead atoms. The summed E-state index contributed by atoms with van der Waals surface area (Å²) in [7, 11) is 1.72. The molecule has 2 aromatic rings. The van der Waals surface area contributed by atoms with Crippen molar-refractivity contribution in [1.82, 2.24) is 24.5 Å². The molecule has 9 heteroatoms. The van der Waals surface area contributed by atoms with Gasteiger partial charge in [0.1, 0.15) is 12.4 Å². The van der Waals surface area contributed by atoms with Crippen LogP contribution in [0.1, 0.15) is 30.6 Å². The van der Waals surface area contributed by atoms with Crippen molar-refractivity contribution in [2.75, 3.05) is 26.8 Å². The van der Waals surface area contributed by atoms with Gasteiger partial charge in [0.25, 0.3) is 0 Å². The molecule has 152 valence electrons. The van der Waals surface area contributed by atoms with Crippen LogP contribution in [0.3, 0.4) is 0 Å². The van der Waals surface area contributed by atoms with Gasteiger partial charge in [-0.1, -0.05) is 12.1 Å². The molecule has 3 heterocycles. The molecule has 1 aliphatic rings. The minimum Gasteiger partial charge on any atom is -0.377 e. The summed E-state index contributed by atoms with van der Waals surface area (Å²) >= 11 is 0. The average molecular weight is 389 g/mol. The van der Waals surface area contributed by atoms with Crippen LogP contribution in [0.25, 0.3) is 0 Å². The molecule has 1 aliphatic heterocycles. The van der Waals surface area contributed by atoms with Crippen molar-refractivity contribution in [2.24, 2.45) is 0 Å². The molecule has 1 fully saturated rings. The second-order valence-corrected chi connectivity index (χ2v) is 7.03. The third-order valence-electron chi connectivity index (χ3n) is 4.88. The van der Waals surface area contributed by atoms with Crippen LogP contribution in [0.15, 0.2) is 23.0 Å². The summed E-state index contributed by atoms with van der Waals surface area (Å²) in [6.07, 6.45) is 4.48. The number of ether oxygens (including phenoxy) is 1. The Morgan fingerprint density at radius 3 is 2.93 bits per heavy atom. The molecule has 1 atom stereocenters. The fourth-order valence-corrected chi connectivity index (χ4v) is 3.36. The molecule has 0 saturated carbocycles. The average Bonchev–Trinajstić information content (AvgIpc) is 3.30. The molecule has 1 saturated heterocycles. The second-order valence-electron chi connectivity index (χ2n) is 7.03. The van der Waals surface area contributed by atoms with E-state index >= 15 is 0 Å². The van der Waals surface area contributed by atoms with Gasteiger partial charge in [-0.15, -0.1) is 0 Å². The lowest BCUT2D eigenvalue weighted by atomic mass is 10.1. The van der Waals surface area contributed by atoms with Gasteiger partial charge in [-0.3, -0.25) is 9.59 Å². The predicted molar refractivity (Wildman–Crippen MR) is 100 cm³/mol. The van der Waals surface area contributed by atoms with Crippen molar-refractivity contribution >= 4 is 11.8 Å². The Labute approximate surface area is 164 Å². The van der Waals surface area contributed by atoms with Crippen LogP contribution in [0.2, 0.25) is 0 Å². The van der Waals surface area contributed by atoms with Crippen LogP contribution in [-0.4, -0.2) is 69.2 Å². The van der Waals surface area contributed by atoms with Crippen LogP contribution in [-0.2, 0) is 33.8 Å². The number of imidazole rings is 1. The number of aromatic nitrogens is 3. The first kappa shape index (κ1) is 20.1. The number of carbonyl (C=O) groups is 2. The van der Waals surface area contributed by atoms with E-state index in [1.54, 1.807) is 29.1 Å². The van der Waals surface area contributed by atoms with Gasteiger partial charge in [-0.2, -0.15) is 0 Å². The summed E-state index contributed by atoms with van der Waals surface area (Å²) in [6, 6.07) is 1.53. The summed E-state index contributed by atoms with van der Waals surface area (Å²) in [4.78, 5) is 33.1. The molecule has 0 aliphatic carbocycles. The highest BCUT2D eigenvalue weighted by molar-refractivity contribution is 5.80. The molecule has 0 spiro atoms. The van der Waals surface area contributed by atoms with Gasteiger partial charge in [-0.25, -0.2) is 4.98 Å². The molecule has 0 radical (unpaired) electrons. The van der Waals surface area contributed by atoms with E-state index in [-0.39, 0.29) is 30.8 Å². The van der Waals surface area contributed by atoms with Gasteiger partial charge in [0, 0.05) is 44.9 Å². The van der Waals surface area contributed by atoms with E-state index in [0.717, 1.165) is 17.9 Å². The smallest absolute Gasteiger partial charge is 0.242 e. The van der Waals surface area contributed by atoms with E-state index in [2.05, 4.69) is 10.1 Å². The highest BCUT2D eigenvalue weighted by Crippen LogP contribution is 2.15. The number of morpholine rings is 1. The Hall–Kier alpha value is -2.68. The normalized spacial score (nSPS) is 17.0. The molecule has 0 unspecified atom stereocenters. The Kier molecular flexibility index (Phi) is 6.45. The maximum atomic E-state index is 12.9. The summed E-state index contributed by atoms with van der Waals surface area (Å²) in [5.74, 6) is 1.41. The quantitative estimate of drug-likeness (QED) is 0.702. The zero-order valence-electron chi connectivity index (χ0n) is 16.6. The molecule has 0 aromatic carbocycles. The van der Waals surface area contributed by atoms with Crippen LogP contribution >= 0.6 is 0 Å². The van der Waals surface area contributed by atoms with Crippen molar-refractivity contribution in [3.63, 3.8) is 0 Å². The lowest BCUT2D eigenvalue weighted by Gasteiger charge is -2.36. The molecule has 3 rings (SSSR count). The Balaban J connectivity index is 1.60. The number of nitrogens with zero attached hydrogens (tertiary/aromatic N) is 5. The first-order chi connectivity index (χ1) is 13.5. The van der Waals surface area contributed by atoms with Crippen molar-refractivity contribution in [1.29, 1.82) is 0 Å². The fourth-order valence-electron chi connectivity index (χ4n) is 3.36. The van der Waals surface area contributed by atoms with Gasteiger partial charge in [0.2, 0.25) is 11.8 Å². The van der Waals surface area contributed by atoms with Gasteiger partial charge in [0.15, 0.2) is 5.76 Å². The van der Waals surface area contributed by atoms with Gasteiger partial charge >= 0.3 is 0 Å². The van der Waals surface area contributed by atoms with Gasteiger partial charge < -0.3 is 23.6 Å². The zero-order chi connectivity index (χ0) is 20.1. The highest BCUT2D eigenvalue weighted by Gasteiger charge is 2.30. The zero-order valence-corrected chi connectivity index (χ0v) is 16.6. The van der Waals surface area contributed by atoms with E-state index in [0.29, 0.717) is 32.1 Å². The Morgan fingerprint density at radius 1 is 1.39 bits per heavy atom. The summed E-state index contributed by atoms with van der Waals surface area (Å²) in [6.45, 7) is 5.73. The standard InChI is InChI=1S/C19H27N5O4/c1-4-17-20-5-6-23(17)12-19(26)24-7-8-27-13-15(24)10-18(25)22(3)11-16-9-14(2)21-28-16/h5-6,9,15H,4,7-8,10-13H2,1-3H3/t15-/m1/s1. The third-order valence-corrected chi connectivity index (χ3v) is 4.88. The summed E-state index contributed by atoms with van der Waals surface area (Å²) in [5.41, 5.74) is 0.777. The monoisotopic (exact) mass is 389 g/mol. The molecule has 2 amide bonds. The van der Waals surface area contributed by atoms with Crippen molar-refractivity contribution < 1.29 is 18.8 Å². The first-order valence-corrected chi connectivity index (χ1v) is 9.51. The molecular weight excluding hydrogens is 362 g/mol. The van der Waals surface area contributed by atoms with E-state index in [9.17, 15) is 9.59 Å². The van der Waals surface area contributed by atoms with Crippen LogP contribution < -0.4 is 0 Å². The maximum absolute atomic E-state index is 12.9. The second kappa shape index (κ2) is 9.01. The predicted octanol–water partition coefficient (Wildman–Crippen LogP) is 1.02. The van der Waals surface area contributed by atoms with Crippen LogP contribution in [0.5, 0.6) is 0 Å². The number of hydrogen-bond acceptors (Lipinski definition) is 6. The Morgan fingerprint density at radius 2 is 2.21 bits per heavy atom. The Bertz CT molecular complexity index is 815. The number of aryl methyl sites for hydroxylation is 2. The number of rotatable bonds is 7.